The first kappa shape index (κ1) is 18.7. The highest BCUT2D eigenvalue weighted by atomic mass is 16.6. The molecule has 0 amide bonds. The normalized spacial score (nSPS) is 10.7. The number of hydrogen-bond donors (Lipinski definition) is 0. The predicted molar refractivity (Wildman–Crippen MR) is 90.4 cm³/mol. The van der Waals surface area contributed by atoms with Gasteiger partial charge in [-0.3, -0.25) is 0 Å². The summed E-state index contributed by atoms with van der Waals surface area (Å²) in [6.45, 7) is 7.96. The van der Waals surface area contributed by atoms with Gasteiger partial charge in [0.25, 0.3) is 0 Å². The second-order valence-corrected chi connectivity index (χ2v) is 5.64. The minimum atomic E-state index is -0.241. The van der Waals surface area contributed by atoms with Crippen LogP contribution in [0.2, 0.25) is 0 Å². The lowest BCUT2D eigenvalue weighted by Crippen LogP contribution is -2.12. The van der Waals surface area contributed by atoms with Crippen molar-refractivity contribution in [1.29, 1.82) is 0 Å². The molecule has 124 valence electrons. The van der Waals surface area contributed by atoms with Crippen molar-refractivity contribution in [1.82, 2.24) is 0 Å². The molecular formula is C19H30O3. The summed E-state index contributed by atoms with van der Waals surface area (Å²) >= 11 is 0. The Hall–Kier alpha value is -1.35. The Bertz CT molecular complexity index is 416. The molecule has 0 radical (unpaired) electrons. The Morgan fingerprint density at radius 1 is 0.864 bits per heavy atom. The van der Waals surface area contributed by atoms with Crippen LogP contribution in [0, 0.1) is 0 Å². The van der Waals surface area contributed by atoms with Crippen LogP contribution in [-0.2, 0) is 22.3 Å². The number of benzene rings is 1. The van der Waals surface area contributed by atoms with Gasteiger partial charge in [0.2, 0.25) is 0 Å². The summed E-state index contributed by atoms with van der Waals surface area (Å²) < 4.78 is 10.7. The SMILES string of the molecule is CCCCOCCOC(=O)c1cc(CCC)cc(CCC)c1. The van der Waals surface area contributed by atoms with Gasteiger partial charge in [-0.1, -0.05) is 46.1 Å². The van der Waals surface area contributed by atoms with E-state index >= 15 is 0 Å². The summed E-state index contributed by atoms with van der Waals surface area (Å²) in [7, 11) is 0. The fourth-order valence-electron chi connectivity index (χ4n) is 2.37. The number of ether oxygens (including phenoxy) is 2. The van der Waals surface area contributed by atoms with Gasteiger partial charge in [-0.2, -0.15) is 0 Å². The number of unbranched alkanes of at least 4 members (excludes halogenated alkanes) is 1. The predicted octanol–water partition coefficient (Wildman–Crippen LogP) is 4.57. The van der Waals surface area contributed by atoms with Crippen molar-refractivity contribution in [2.75, 3.05) is 19.8 Å². The van der Waals surface area contributed by atoms with Crippen molar-refractivity contribution in [3.63, 3.8) is 0 Å². The van der Waals surface area contributed by atoms with Crippen LogP contribution >= 0.6 is 0 Å². The number of aryl methyl sites for hydroxylation is 2. The minimum absolute atomic E-state index is 0.241. The zero-order valence-corrected chi connectivity index (χ0v) is 14.3. The van der Waals surface area contributed by atoms with Crippen molar-refractivity contribution in [2.24, 2.45) is 0 Å². The Kier molecular flexibility index (Phi) is 9.56. The molecule has 0 fully saturated rings. The van der Waals surface area contributed by atoms with Crippen LogP contribution in [0.3, 0.4) is 0 Å². The van der Waals surface area contributed by atoms with E-state index in [4.69, 9.17) is 9.47 Å². The second kappa shape index (κ2) is 11.2. The van der Waals surface area contributed by atoms with Crippen LogP contribution in [-0.4, -0.2) is 25.8 Å². The van der Waals surface area contributed by atoms with E-state index in [1.165, 1.54) is 11.1 Å². The molecule has 0 aromatic heterocycles. The Morgan fingerprint density at radius 3 is 2.05 bits per heavy atom. The van der Waals surface area contributed by atoms with Gasteiger partial charge in [0.15, 0.2) is 0 Å². The third-order valence-corrected chi connectivity index (χ3v) is 3.47. The van der Waals surface area contributed by atoms with Gasteiger partial charge < -0.3 is 9.47 Å². The monoisotopic (exact) mass is 306 g/mol. The largest absolute Gasteiger partial charge is 0.460 e. The lowest BCUT2D eigenvalue weighted by atomic mass is 10.00. The van der Waals surface area contributed by atoms with Crippen molar-refractivity contribution in [3.8, 4) is 0 Å². The summed E-state index contributed by atoms with van der Waals surface area (Å²) in [4.78, 5) is 12.2. The first-order chi connectivity index (χ1) is 10.7. The molecule has 0 spiro atoms. The third-order valence-electron chi connectivity index (χ3n) is 3.47. The summed E-state index contributed by atoms with van der Waals surface area (Å²) in [6, 6.07) is 6.13. The van der Waals surface area contributed by atoms with E-state index in [-0.39, 0.29) is 5.97 Å². The van der Waals surface area contributed by atoms with E-state index < -0.39 is 0 Å². The highest BCUT2D eigenvalue weighted by molar-refractivity contribution is 5.89. The second-order valence-electron chi connectivity index (χ2n) is 5.64. The van der Waals surface area contributed by atoms with Gasteiger partial charge in [-0.15, -0.1) is 0 Å². The maximum absolute atomic E-state index is 12.2. The van der Waals surface area contributed by atoms with E-state index in [9.17, 15) is 4.79 Å². The number of carbonyl (C=O) groups is 1. The molecular weight excluding hydrogens is 276 g/mol. The van der Waals surface area contributed by atoms with Crippen molar-refractivity contribution in [2.45, 2.75) is 59.3 Å². The minimum Gasteiger partial charge on any atom is -0.460 e. The van der Waals surface area contributed by atoms with E-state index in [1.54, 1.807) is 0 Å². The zero-order valence-electron chi connectivity index (χ0n) is 14.3. The maximum Gasteiger partial charge on any atom is 0.338 e. The summed E-state index contributed by atoms with van der Waals surface area (Å²) in [5.41, 5.74) is 3.11. The molecule has 1 rings (SSSR count). The maximum atomic E-state index is 12.2. The molecule has 0 heterocycles. The molecule has 0 bridgehead atoms. The molecule has 0 aliphatic carbocycles. The molecule has 0 aliphatic rings. The average Bonchev–Trinajstić information content (AvgIpc) is 2.51. The highest BCUT2D eigenvalue weighted by Crippen LogP contribution is 2.15. The van der Waals surface area contributed by atoms with Gasteiger partial charge in [0, 0.05) is 6.61 Å². The van der Waals surface area contributed by atoms with Gasteiger partial charge in [-0.05, 0) is 42.5 Å². The lowest BCUT2D eigenvalue weighted by molar-refractivity contribution is 0.0313. The third kappa shape index (κ3) is 7.08. The van der Waals surface area contributed by atoms with Crippen molar-refractivity contribution in [3.05, 3.63) is 34.9 Å². The van der Waals surface area contributed by atoms with Gasteiger partial charge in [-0.25, -0.2) is 4.79 Å². The quantitative estimate of drug-likeness (QED) is 0.444. The lowest BCUT2D eigenvalue weighted by Gasteiger charge is -2.10. The zero-order chi connectivity index (χ0) is 16.2. The molecule has 1 aromatic rings. The highest BCUT2D eigenvalue weighted by Gasteiger charge is 2.10. The average molecular weight is 306 g/mol. The molecule has 3 heteroatoms. The molecule has 0 N–H and O–H groups in total. The van der Waals surface area contributed by atoms with Crippen LogP contribution in [0.5, 0.6) is 0 Å². The summed E-state index contributed by atoms with van der Waals surface area (Å²) in [5, 5.41) is 0. The number of esters is 1. The number of hydrogen-bond acceptors (Lipinski definition) is 3. The van der Waals surface area contributed by atoms with E-state index in [0.29, 0.717) is 18.8 Å². The van der Waals surface area contributed by atoms with Crippen LogP contribution in [0.15, 0.2) is 18.2 Å². The first-order valence-corrected chi connectivity index (χ1v) is 8.58. The van der Waals surface area contributed by atoms with Crippen LogP contribution in [0.1, 0.15) is 67.9 Å². The Labute approximate surface area is 135 Å². The van der Waals surface area contributed by atoms with Gasteiger partial charge in [0.05, 0.1) is 12.2 Å². The standard InChI is InChI=1S/C19H30O3/c1-4-7-10-21-11-12-22-19(20)18-14-16(8-5-2)13-17(15-18)9-6-3/h13-15H,4-12H2,1-3H3. The van der Waals surface area contributed by atoms with Crippen LogP contribution < -0.4 is 0 Å². The van der Waals surface area contributed by atoms with Crippen LogP contribution in [0.25, 0.3) is 0 Å². The van der Waals surface area contributed by atoms with Crippen molar-refractivity contribution >= 4 is 5.97 Å². The Balaban J connectivity index is 2.55. The summed E-state index contributed by atoms with van der Waals surface area (Å²) in [6.07, 6.45) is 6.32. The molecule has 0 unspecified atom stereocenters. The topological polar surface area (TPSA) is 35.5 Å². The first-order valence-electron chi connectivity index (χ1n) is 8.58. The molecule has 0 saturated heterocycles. The van der Waals surface area contributed by atoms with E-state index in [2.05, 4.69) is 26.8 Å². The molecule has 22 heavy (non-hydrogen) atoms. The molecule has 0 aliphatic heterocycles. The van der Waals surface area contributed by atoms with Crippen molar-refractivity contribution < 1.29 is 14.3 Å². The van der Waals surface area contributed by atoms with Crippen LogP contribution in [0.4, 0.5) is 0 Å². The van der Waals surface area contributed by atoms with Gasteiger partial charge in [0.1, 0.15) is 6.61 Å². The van der Waals surface area contributed by atoms with E-state index in [0.717, 1.165) is 45.1 Å². The fraction of sp³-hybridized carbons (Fsp3) is 0.632. The smallest absolute Gasteiger partial charge is 0.338 e. The molecule has 0 atom stereocenters. The Morgan fingerprint density at radius 2 is 1.50 bits per heavy atom. The number of carbonyl (C=O) groups excluding carboxylic acids is 1. The molecule has 1 aromatic carbocycles. The van der Waals surface area contributed by atoms with E-state index in [1.807, 2.05) is 12.1 Å². The molecule has 0 saturated carbocycles. The fourth-order valence-corrected chi connectivity index (χ4v) is 2.37. The summed E-state index contributed by atoms with van der Waals surface area (Å²) in [5.74, 6) is -0.241. The number of rotatable bonds is 11. The van der Waals surface area contributed by atoms with Gasteiger partial charge >= 0.3 is 5.97 Å². The molecule has 3 nitrogen and oxygen atoms in total.